The minimum absolute atomic E-state index is 0.0678. The number of rotatable bonds is 5. The van der Waals surface area contributed by atoms with Crippen molar-refractivity contribution in [3.8, 4) is 0 Å². The first-order chi connectivity index (χ1) is 6.72. The predicted octanol–water partition coefficient (Wildman–Crippen LogP) is 1.26. The molecule has 1 saturated heterocycles. The normalized spacial score (nSPS) is 22.5. The molecule has 1 fully saturated rings. The number of nitrogens with zero attached hydrogens (tertiary/aromatic N) is 1. The highest BCUT2D eigenvalue weighted by Gasteiger charge is 2.16. The Morgan fingerprint density at radius 2 is 2.07 bits per heavy atom. The molecule has 3 heteroatoms. The van der Waals surface area contributed by atoms with E-state index < -0.39 is 0 Å². The van der Waals surface area contributed by atoms with E-state index in [0.717, 1.165) is 45.5 Å². The smallest absolute Gasteiger partial charge is 0.0597 e. The van der Waals surface area contributed by atoms with Gasteiger partial charge in [-0.25, -0.2) is 0 Å². The maximum Gasteiger partial charge on any atom is 0.0597 e. The Hall–Kier alpha value is -0.120. The zero-order valence-corrected chi connectivity index (χ0v) is 9.41. The van der Waals surface area contributed by atoms with E-state index in [1.165, 1.54) is 0 Å². The van der Waals surface area contributed by atoms with Gasteiger partial charge in [0.2, 0.25) is 0 Å². The van der Waals surface area contributed by atoms with Crippen LogP contribution in [0.15, 0.2) is 0 Å². The van der Waals surface area contributed by atoms with E-state index in [1.54, 1.807) is 0 Å². The highest BCUT2D eigenvalue weighted by Crippen LogP contribution is 2.09. The van der Waals surface area contributed by atoms with Crippen molar-refractivity contribution in [3.05, 3.63) is 0 Å². The van der Waals surface area contributed by atoms with Gasteiger partial charge < -0.3 is 14.7 Å². The van der Waals surface area contributed by atoms with Crippen molar-refractivity contribution in [2.75, 3.05) is 26.2 Å². The zero-order chi connectivity index (χ0) is 10.4. The number of likely N-dealkylation sites (tertiary alicyclic amines) is 1. The SMILES string of the molecule is CCC(C)OCCN1CCC(O)CC1. The summed E-state index contributed by atoms with van der Waals surface area (Å²) >= 11 is 0. The first kappa shape index (κ1) is 12.0. The first-order valence-corrected chi connectivity index (χ1v) is 5.74. The summed E-state index contributed by atoms with van der Waals surface area (Å²) in [7, 11) is 0. The van der Waals surface area contributed by atoms with E-state index in [4.69, 9.17) is 4.74 Å². The molecule has 1 atom stereocenters. The molecule has 0 aromatic heterocycles. The maximum absolute atomic E-state index is 9.32. The summed E-state index contributed by atoms with van der Waals surface area (Å²) in [5, 5.41) is 9.32. The lowest BCUT2D eigenvalue weighted by Crippen LogP contribution is -2.38. The molecule has 1 unspecified atom stereocenters. The van der Waals surface area contributed by atoms with Crippen molar-refractivity contribution in [3.63, 3.8) is 0 Å². The quantitative estimate of drug-likeness (QED) is 0.727. The second-order valence-corrected chi connectivity index (χ2v) is 4.16. The van der Waals surface area contributed by atoms with Crippen LogP contribution in [-0.4, -0.2) is 48.5 Å². The van der Waals surface area contributed by atoms with Gasteiger partial charge in [-0.3, -0.25) is 0 Å². The van der Waals surface area contributed by atoms with Crippen LogP contribution in [0.5, 0.6) is 0 Å². The molecule has 1 N–H and O–H groups in total. The molecule has 0 radical (unpaired) electrons. The molecule has 0 aromatic rings. The van der Waals surface area contributed by atoms with Gasteiger partial charge in [0.1, 0.15) is 0 Å². The standard InChI is InChI=1S/C11H23NO2/c1-3-10(2)14-9-8-12-6-4-11(13)5-7-12/h10-11,13H,3-9H2,1-2H3. The van der Waals surface area contributed by atoms with Crippen LogP contribution in [0, 0.1) is 0 Å². The largest absolute Gasteiger partial charge is 0.393 e. The average molecular weight is 201 g/mol. The summed E-state index contributed by atoms with van der Waals surface area (Å²) in [4.78, 5) is 2.37. The van der Waals surface area contributed by atoms with E-state index in [0.29, 0.717) is 6.10 Å². The van der Waals surface area contributed by atoms with Crippen molar-refractivity contribution in [1.82, 2.24) is 4.90 Å². The summed E-state index contributed by atoms with van der Waals surface area (Å²) in [6.45, 7) is 8.13. The maximum atomic E-state index is 9.32. The number of hydrogen-bond donors (Lipinski definition) is 1. The fraction of sp³-hybridized carbons (Fsp3) is 1.00. The van der Waals surface area contributed by atoms with Gasteiger partial charge in [0.05, 0.1) is 18.8 Å². The minimum Gasteiger partial charge on any atom is -0.393 e. The second-order valence-electron chi connectivity index (χ2n) is 4.16. The zero-order valence-electron chi connectivity index (χ0n) is 9.41. The summed E-state index contributed by atoms with van der Waals surface area (Å²) in [5.74, 6) is 0. The van der Waals surface area contributed by atoms with Gasteiger partial charge in [0.15, 0.2) is 0 Å². The fourth-order valence-corrected chi connectivity index (χ4v) is 1.64. The monoisotopic (exact) mass is 201 g/mol. The van der Waals surface area contributed by atoms with Gasteiger partial charge in [-0.15, -0.1) is 0 Å². The number of aliphatic hydroxyl groups is 1. The van der Waals surface area contributed by atoms with Crippen LogP contribution in [-0.2, 0) is 4.74 Å². The third-order valence-corrected chi connectivity index (χ3v) is 2.94. The Morgan fingerprint density at radius 3 is 2.64 bits per heavy atom. The second kappa shape index (κ2) is 6.38. The van der Waals surface area contributed by atoms with Crippen molar-refractivity contribution < 1.29 is 9.84 Å². The number of aliphatic hydroxyl groups excluding tert-OH is 1. The van der Waals surface area contributed by atoms with Crippen LogP contribution >= 0.6 is 0 Å². The van der Waals surface area contributed by atoms with E-state index in [-0.39, 0.29) is 6.10 Å². The highest BCUT2D eigenvalue weighted by atomic mass is 16.5. The van der Waals surface area contributed by atoms with Crippen LogP contribution in [0.1, 0.15) is 33.1 Å². The molecule has 0 aromatic carbocycles. The van der Waals surface area contributed by atoms with Gasteiger partial charge in [-0.05, 0) is 26.2 Å². The first-order valence-electron chi connectivity index (χ1n) is 5.74. The Balaban J connectivity index is 2.02. The molecule has 84 valence electrons. The third kappa shape index (κ3) is 4.40. The lowest BCUT2D eigenvalue weighted by molar-refractivity contribution is 0.0276. The van der Waals surface area contributed by atoms with Gasteiger partial charge in [-0.2, -0.15) is 0 Å². The topological polar surface area (TPSA) is 32.7 Å². The Morgan fingerprint density at radius 1 is 1.43 bits per heavy atom. The Bertz CT molecular complexity index is 144. The van der Waals surface area contributed by atoms with Crippen LogP contribution < -0.4 is 0 Å². The molecule has 1 aliphatic rings. The van der Waals surface area contributed by atoms with E-state index >= 15 is 0 Å². The Labute approximate surface area is 87.1 Å². The molecular formula is C11H23NO2. The molecule has 0 saturated carbocycles. The van der Waals surface area contributed by atoms with Crippen LogP contribution in [0.2, 0.25) is 0 Å². The predicted molar refractivity (Wildman–Crippen MR) is 57.4 cm³/mol. The van der Waals surface area contributed by atoms with Crippen molar-refractivity contribution >= 4 is 0 Å². The molecule has 1 aliphatic heterocycles. The van der Waals surface area contributed by atoms with Crippen molar-refractivity contribution in [1.29, 1.82) is 0 Å². The van der Waals surface area contributed by atoms with E-state index in [1.807, 2.05) is 0 Å². The average Bonchev–Trinajstić information content (AvgIpc) is 2.21. The molecule has 0 bridgehead atoms. The highest BCUT2D eigenvalue weighted by molar-refractivity contribution is 4.70. The van der Waals surface area contributed by atoms with Gasteiger partial charge in [0.25, 0.3) is 0 Å². The molecule has 0 spiro atoms. The summed E-state index contributed by atoms with van der Waals surface area (Å²) in [6.07, 6.45) is 3.23. The van der Waals surface area contributed by atoms with E-state index in [2.05, 4.69) is 18.7 Å². The lowest BCUT2D eigenvalue weighted by Gasteiger charge is -2.29. The molecular weight excluding hydrogens is 178 g/mol. The third-order valence-electron chi connectivity index (χ3n) is 2.94. The number of hydrogen-bond acceptors (Lipinski definition) is 3. The molecule has 14 heavy (non-hydrogen) atoms. The van der Waals surface area contributed by atoms with E-state index in [9.17, 15) is 5.11 Å². The molecule has 0 aliphatic carbocycles. The van der Waals surface area contributed by atoms with Crippen molar-refractivity contribution in [2.45, 2.75) is 45.3 Å². The summed E-state index contributed by atoms with van der Waals surface area (Å²) in [6, 6.07) is 0. The van der Waals surface area contributed by atoms with Gasteiger partial charge in [0, 0.05) is 19.6 Å². The van der Waals surface area contributed by atoms with Crippen LogP contribution in [0.25, 0.3) is 0 Å². The number of piperidine rings is 1. The van der Waals surface area contributed by atoms with Crippen LogP contribution in [0.4, 0.5) is 0 Å². The minimum atomic E-state index is -0.0678. The van der Waals surface area contributed by atoms with Gasteiger partial charge >= 0.3 is 0 Å². The molecule has 0 amide bonds. The fourth-order valence-electron chi connectivity index (χ4n) is 1.64. The molecule has 3 nitrogen and oxygen atoms in total. The summed E-state index contributed by atoms with van der Waals surface area (Å²) in [5.41, 5.74) is 0. The molecule has 1 rings (SSSR count). The molecule has 1 heterocycles. The summed E-state index contributed by atoms with van der Waals surface area (Å²) < 4.78 is 5.62. The van der Waals surface area contributed by atoms with Crippen LogP contribution in [0.3, 0.4) is 0 Å². The van der Waals surface area contributed by atoms with Crippen molar-refractivity contribution in [2.24, 2.45) is 0 Å². The lowest BCUT2D eigenvalue weighted by atomic mass is 10.1. The number of ether oxygens (including phenoxy) is 1. The van der Waals surface area contributed by atoms with Gasteiger partial charge in [-0.1, -0.05) is 6.92 Å². The Kier molecular flexibility index (Phi) is 5.45.